The Balaban J connectivity index is 2.26. The molecule has 0 atom stereocenters. The first kappa shape index (κ1) is 12.8. The summed E-state index contributed by atoms with van der Waals surface area (Å²) >= 11 is 0. The monoisotopic (exact) mass is 261 g/mol. The van der Waals surface area contributed by atoms with Gasteiger partial charge in [-0.25, -0.2) is 4.39 Å². The van der Waals surface area contributed by atoms with Crippen molar-refractivity contribution in [3.05, 3.63) is 48.0 Å². The highest BCUT2D eigenvalue weighted by molar-refractivity contribution is 6.05. The van der Waals surface area contributed by atoms with Crippen LogP contribution in [0.1, 0.15) is 10.4 Å². The fourth-order valence-corrected chi connectivity index (χ4v) is 1.55. The van der Waals surface area contributed by atoms with Crippen LogP contribution in [0.2, 0.25) is 0 Å². The van der Waals surface area contributed by atoms with E-state index in [0.717, 1.165) is 12.3 Å². The second-order valence-corrected chi connectivity index (χ2v) is 3.81. The summed E-state index contributed by atoms with van der Waals surface area (Å²) in [4.78, 5) is 15.5. The summed E-state index contributed by atoms with van der Waals surface area (Å²) < 4.78 is 18.1. The van der Waals surface area contributed by atoms with Crippen LogP contribution in [0.3, 0.4) is 0 Å². The molecule has 1 aromatic heterocycles. The number of carbonyl (C=O) groups excluding carboxylic acids is 1. The van der Waals surface area contributed by atoms with Crippen molar-refractivity contribution < 1.29 is 13.9 Å². The Labute approximate surface area is 109 Å². The molecule has 0 radical (unpaired) electrons. The number of hydrogen-bond donors (Lipinski definition) is 2. The lowest BCUT2D eigenvalue weighted by Crippen LogP contribution is -2.13. The van der Waals surface area contributed by atoms with Gasteiger partial charge in [-0.2, -0.15) is 0 Å². The normalized spacial score (nSPS) is 10.0. The van der Waals surface area contributed by atoms with Gasteiger partial charge in [0, 0.05) is 11.9 Å². The molecule has 0 saturated carbocycles. The Morgan fingerprint density at radius 2 is 2.16 bits per heavy atom. The standard InChI is InChI=1S/C13H12FN3O2/c1-19-12-3-2-10(15)5-11(12)17-13(18)8-4-9(14)7-16-6-8/h2-7H,15H2,1H3,(H,17,18). The Morgan fingerprint density at radius 1 is 1.37 bits per heavy atom. The van der Waals surface area contributed by atoms with E-state index in [4.69, 9.17) is 10.5 Å². The van der Waals surface area contributed by atoms with Gasteiger partial charge in [0.2, 0.25) is 0 Å². The summed E-state index contributed by atoms with van der Waals surface area (Å²) in [6, 6.07) is 5.94. The van der Waals surface area contributed by atoms with E-state index in [1.54, 1.807) is 18.2 Å². The second-order valence-electron chi connectivity index (χ2n) is 3.81. The van der Waals surface area contributed by atoms with Crippen molar-refractivity contribution in [1.29, 1.82) is 0 Å². The van der Waals surface area contributed by atoms with Gasteiger partial charge < -0.3 is 15.8 Å². The smallest absolute Gasteiger partial charge is 0.257 e. The van der Waals surface area contributed by atoms with Gasteiger partial charge in [-0.15, -0.1) is 0 Å². The van der Waals surface area contributed by atoms with E-state index in [0.29, 0.717) is 17.1 Å². The third kappa shape index (κ3) is 2.98. The maximum Gasteiger partial charge on any atom is 0.257 e. The van der Waals surface area contributed by atoms with Crippen molar-refractivity contribution in [3.8, 4) is 5.75 Å². The number of aromatic nitrogens is 1. The summed E-state index contributed by atoms with van der Waals surface area (Å²) in [7, 11) is 1.48. The van der Waals surface area contributed by atoms with Gasteiger partial charge in [-0.05, 0) is 24.3 Å². The molecule has 0 bridgehead atoms. The molecule has 0 aliphatic rings. The summed E-state index contributed by atoms with van der Waals surface area (Å²) in [5.74, 6) is -0.602. The lowest BCUT2D eigenvalue weighted by atomic mass is 10.2. The number of pyridine rings is 1. The number of benzene rings is 1. The van der Waals surface area contributed by atoms with Gasteiger partial charge in [0.1, 0.15) is 11.6 Å². The van der Waals surface area contributed by atoms with E-state index in [1.807, 2.05) is 0 Å². The molecule has 6 heteroatoms. The van der Waals surface area contributed by atoms with E-state index in [1.165, 1.54) is 13.3 Å². The van der Waals surface area contributed by atoms with Crippen LogP contribution >= 0.6 is 0 Å². The van der Waals surface area contributed by atoms with E-state index in [9.17, 15) is 9.18 Å². The molecular formula is C13H12FN3O2. The SMILES string of the molecule is COc1ccc(N)cc1NC(=O)c1cncc(F)c1. The average molecular weight is 261 g/mol. The number of halogens is 1. The van der Waals surface area contributed by atoms with Gasteiger partial charge in [0.05, 0.1) is 24.6 Å². The fraction of sp³-hybridized carbons (Fsp3) is 0.0769. The number of amides is 1. The number of rotatable bonds is 3. The van der Waals surface area contributed by atoms with Crippen LogP contribution in [0.5, 0.6) is 5.75 Å². The molecule has 1 aromatic carbocycles. The molecule has 0 fully saturated rings. The zero-order valence-corrected chi connectivity index (χ0v) is 10.2. The molecule has 98 valence electrons. The molecule has 0 aliphatic carbocycles. The summed E-state index contributed by atoms with van der Waals surface area (Å²) in [6.45, 7) is 0. The maximum absolute atomic E-state index is 13.0. The Morgan fingerprint density at radius 3 is 2.84 bits per heavy atom. The lowest BCUT2D eigenvalue weighted by Gasteiger charge is -2.10. The molecule has 3 N–H and O–H groups in total. The number of nitrogen functional groups attached to an aromatic ring is 1. The molecule has 1 amide bonds. The first-order valence-electron chi connectivity index (χ1n) is 5.45. The summed E-state index contributed by atoms with van der Waals surface area (Å²) in [5.41, 5.74) is 6.65. The van der Waals surface area contributed by atoms with Gasteiger partial charge in [-0.3, -0.25) is 9.78 Å². The number of methoxy groups -OCH3 is 1. The van der Waals surface area contributed by atoms with Crippen LogP contribution in [0.4, 0.5) is 15.8 Å². The van der Waals surface area contributed by atoms with Crippen LogP contribution in [-0.2, 0) is 0 Å². The van der Waals surface area contributed by atoms with Gasteiger partial charge >= 0.3 is 0 Å². The molecule has 1 heterocycles. The number of ether oxygens (including phenoxy) is 1. The van der Waals surface area contributed by atoms with Crippen molar-refractivity contribution in [2.45, 2.75) is 0 Å². The number of nitrogens with two attached hydrogens (primary N) is 1. The van der Waals surface area contributed by atoms with Crippen molar-refractivity contribution in [3.63, 3.8) is 0 Å². The number of anilines is 2. The third-order valence-corrected chi connectivity index (χ3v) is 2.44. The van der Waals surface area contributed by atoms with Crippen LogP contribution in [-0.4, -0.2) is 18.0 Å². The zero-order valence-electron chi connectivity index (χ0n) is 10.2. The number of hydrogen-bond acceptors (Lipinski definition) is 4. The molecular weight excluding hydrogens is 249 g/mol. The highest BCUT2D eigenvalue weighted by atomic mass is 19.1. The Hall–Kier alpha value is -2.63. The number of nitrogens with one attached hydrogen (secondary N) is 1. The van der Waals surface area contributed by atoms with Gasteiger partial charge in [0.25, 0.3) is 5.91 Å². The minimum atomic E-state index is -0.577. The minimum Gasteiger partial charge on any atom is -0.495 e. The van der Waals surface area contributed by atoms with Crippen LogP contribution in [0, 0.1) is 5.82 Å². The fourth-order valence-electron chi connectivity index (χ4n) is 1.55. The lowest BCUT2D eigenvalue weighted by molar-refractivity contribution is 0.102. The zero-order chi connectivity index (χ0) is 13.8. The van der Waals surface area contributed by atoms with Crippen molar-refractivity contribution in [2.75, 3.05) is 18.2 Å². The highest BCUT2D eigenvalue weighted by Crippen LogP contribution is 2.26. The van der Waals surface area contributed by atoms with Crippen molar-refractivity contribution >= 4 is 17.3 Å². The molecule has 2 aromatic rings. The van der Waals surface area contributed by atoms with Gasteiger partial charge in [-0.1, -0.05) is 0 Å². The minimum absolute atomic E-state index is 0.115. The van der Waals surface area contributed by atoms with Gasteiger partial charge in [0.15, 0.2) is 0 Å². The molecule has 2 rings (SSSR count). The third-order valence-electron chi connectivity index (χ3n) is 2.44. The predicted octanol–water partition coefficient (Wildman–Crippen LogP) is 2.06. The van der Waals surface area contributed by atoms with E-state index in [2.05, 4.69) is 10.3 Å². The van der Waals surface area contributed by atoms with E-state index < -0.39 is 11.7 Å². The van der Waals surface area contributed by atoms with Crippen LogP contribution < -0.4 is 15.8 Å². The maximum atomic E-state index is 13.0. The molecule has 19 heavy (non-hydrogen) atoms. The molecule has 0 saturated heterocycles. The molecule has 0 spiro atoms. The van der Waals surface area contributed by atoms with Crippen LogP contribution in [0.15, 0.2) is 36.7 Å². The topological polar surface area (TPSA) is 77.2 Å². The van der Waals surface area contributed by atoms with Crippen LogP contribution in [0.25, 0.3) is 0 Å². The largest absolute Gasteiger partial charge is 0.495 e. The number of carbonyl (C=O) groups is 1. The predicted molar refractivity (Wildman–Crippen MR) is 69.6 cm³/mol. The van der Waals surface area contributed by atoms with E-state index >= 15 is 0 Å². The first-order chi connectivity index (χ1) is 9.10. The van der Waals surface area contributed by atoms with Crippen molar-refractivity contribution in [2.24, 2.45) is 0 Å². The summed E-state index contributed by atoms with van der Waals surface area (Å²) in [6.07, 6.45) is 2.30. The average Bonchev–Trinajstić information content (AvgIpc) is 2.39. The molecule has 5 nitrogen and oxygen atoms in total. The molecule has 0 aliphatic heterocycles. The summed E-state index contributed by atoms with van der Waals surface area (Å²) in [5, 5.41) is 2.60. The van der Waals surface area contributed by atoms with E-state index in [-0.39, 0.29) is 5.56 Å². The second kappa shape index (κ2) is 5.34. The Bertz CT molecular complexity index is 617. The van der Waals surface area contributed by atoms with Crippen molar-refractivity contribution in [1.82, 2.24) is 4.98 Å². The first-order valence-corrected chi connectivity index (χ1v) is 5.45. The molecule has 0 unspecified atom stereocenters. The highest BCUT2D eigenvalue weighted by Gasteiger charge is 2.11. The number of nitrogens with zero attached hydrogens (tertiary/aromatic N) is 1. The quantitative estimate of drug-likeness (QED) is 0.829. The Kier molecular flexibility index (Phi) is 3.61.